The van der Waals surface area contributed by atoms with Crippen molar-refractivity contribution in [3.63, 3.8) is 0 Å². The molecule has 0 bridgehead atoms. The molecule has 4 atom stereocenters. The maximum absolute atomic E-state index is 12.4. The lowest BCUT2D eigenvalue weighted by Gasteiger charge is -2.19. The second-order valence-electron chi connectivity index (χ2n) is 7.71. The molecule has 1 aromatic carbocycles. The number of hydrogen-bond donors (Lipinski definition) is 2. The van der Waals surface area contributed by atoms with Crippen molar-refractivity contribution in [2.24, 2.45) is 0 Å². The Morgan fingerprint density at radius 1 is 1.35 bits per heavy atom. The topological polar surface area (TPSA) is 181 Å². The number of nitrogens with one attached hydrogen (secondary N) is 1. The van der Waals surface area contributed by atoms with Gasteiger partial charge in [-0.2, -0.15) is 0 Å². The van der Waals surface area contributed by atoms with Crippen LogP contribution in [0.3, 0.4) is 0 Å². The highest BCUT2D eigenvalue weighted by Crippen LogP contribution is 2.41. The number of aromatic amines is 1. The van der Waals surface area contributed by atoms with Crippen LogP contribution in [0.15, 0.2) is 27.9 Å². The van der Waals surface area contributed by atoms with Crippen LogP contribution in [0.25, 0.3) is 0 Å². The summed E-state index contributed by atoms with van der Waals surface area (Å²) in [5, 5.41) is 21.1. The van der Waals surface area contributed by atoms with E-state index in [4.69, 9.17) is 23.7 Å². The molecular formula is C20H21N3O11. The molecule has 4 rings (SSSR count). The number of aliphatic hydroxyl groups is 1. The van der Waals surface area contributed by atoms with Crippen molar-refractivity contribution in [2.75, 3.05) is 13.4 Å². The molecule has 0 amide bonds. The van der Waals surface area contributed by atoms with Crippen LogP contribution >= 0.6 is 0 Å². The van der Waals surface area contributed by atoms with Gasteiger partial charge in [0.25, 0.3) is 11.2 Å². The summed E-state index contributed by atoms with van der Waals surface area (Å²) in [5.41, 5.74) is -1.24. The van der Waals surface area contributed by atoms with E-state index in [9.17, 15) is 29.6 Å². The first-order valence-corrected chi connectivity index (χ1v) is 10.2. The van der Waals surface area contributed by atoms with Crippen LogP contribution in [-0.4, -0.2) is 51.3 Å². The van der Waals surface area contributed by atoms with Crippen molar-refractivity contribution in [3.05, 3.63) is 60.4 Å². The highest BCUT2D eigenvalue weighted by molar-refractivity contribution is 5.62. The number of H-pyrrole nitrogens is 1. The molecule has 1 aromatic heterocycles. The Kier molecular flexibility index (Phi) is 6.26. The van der Waals surface area contributed by atoms with Gasteiger partial charge in [0.15, 0.2) is 11.5 Å². The third kappa shape index (κ3) is 4.45. The summed E-state index contributed by atoms with van der Waals surface area (Å²) in [6.07, 6.45) is -3.81. The molecule has 1 fully saturated rings. The first kappa shape index (κ1) is 23.3. The highest BCUT2D eigenvalue weighted by atomic mass is 16.7. The van der Waals surface area contributed by atoms with Gasteiger partial charge in [-0.3, -0.25) is 24.5 Å². The van der Waals surface area contributed by atoms with Gasteiger partial charge in [-0.25, -0.2) is 9.59 Å². The van der Waals surface area contributed by atoms with E-state index in [-0.39, 0.29) is 41.5 Å². The van der Waals surface area contributed by atoms with Crippen LogP contribution < -0.4 is 20.7 Å². The lowest BCUT2D eigenvalue weighted by molar-refractivity contribution is -0.386. The van der Waals surface area contributed by atoms with E-state index in [1.54, 1.807) is 0 Å². The minimum atomic E-state index is -1.16. The lowest BCUT2D eigenvalue weighted by atomic mass is 10.1. The predicted molar refractivity (Wildman–Crippen MR) is 111 cm³/mol. The number of aliphatic hydroxyl groups excluding tert-OH is 1. The second kappa shape index (κ2) is 9.15. The van der Waals surface area contributed by atoms with Crippen LogP contribution in [0.5, 0.6) is 11.5 Å². The minimum Gasteiger partial charge on any atom is -0.454 e. The molecule has 2 aromatic rings. The molecule has 14 heteroatoms. The number of ether oxygens (including phenoxy) is 5. The van der Waals surface area contributed by atoms with Gasteiger partial charge in [-0.1, -0.05) is 0 Å². The molecule has 34 heavy (non-hydrogen) atoms. The Bertz CT molecular complexity index is 1240. The number of aromatic nitrogens is 2. The molecule has 0 radical (unpaired) electrons. The summed E-state index contributed by atoms with van der Waals surface area (Å²) in [7, 11) is 0. The molecule has 1 saturated heterocycles. The molecule has 2 aliphatic rings. The number of carbonyl (C=O) groups is 1. The Morgan fingerprint density at radius 3 is 2.74 bits per heavy atom. The Morgan fingerprint density at radius 2 is 2.06 bits per heavy atom. The molecule has 14 nitrogen and oxygen atoms in total. The van der Waals surface area contributed by atoms with Gasteiger partial charge in [0.05, 0.1) is 23.2 Å². The van der Waals surface area contributed by atoms with Gasteiger partial charge >= 0.3 is 11.8 Å². The van der Waals surface area contributed by atoms with Gasteiger partial charge in [0.1, 0.15) is 24.5 Å². The van der Waals surface area contributed by atoms with Crippen LogP contribution in [-0.2, 0) is 14.2 Å². The van der Waals surface area contributed by atoms with Gasteiger partial charge in [-0.15, -0.1) is 0 Å². The van der Waals surface area contributed by atoms with E-state index in [0.29, 0.717) is 0 Å². The zero-order chi connectivity index (χ0) is 24.6. The normalized spacial score (nSPS) is 21.8. The molecule has 182 valence electrons. The van der Waals surface area contributed by atoms with Crippen molar-refractivity contribution in [1.29, 1.82) is 0 Å². The number of nitro groups is 1. The zero-order valence-electron chi connectivity index (χ0n) is 18.1. The quantitative estimate of drug-likeness (QED) is 0.343. The van der Waals surface area contributed by atoms with E-state index in [1.807, 2.05) is 0 Å². The second-order valence-corrected chi connectivity index (χ2v) is 7.71. The largest absolute Gasteiger partial charge is 0.509 e. The predicted octanol–water partition coefficient (Wildman–Crippen LogP) is 1.04. The first-order chi connectivity index (χ1) is 16.2. The first-order valence-electron chi connectivity index (χ1n) is 10.2. The fourth-order valence-corrected chi connectivity index (χ4v) is 3.75. The number of fused-ring (bicyclic) bond motifs is 1. The summed E-state index contributed by atoms with van der Waals surface area (Å²) in [5.74, 6) is 0.483. The third-order valence-corrected chi connectivity index (χ3v) is 5.49. The Hall–Kier alpha value is -3.91. The van der Waals surface area contributed by atoms with E-state index < -0.39 is 53.5 Å². The van der Waals surface area contributed by atoms with Crippen molar-refractivity contribution in [2.45, 2.75) is 44.8 Å². The van der Waals surface area contributed by atoms with Gasteiger partial charge in [-0.05, 0) is 19.9 Å². The van der Waals surface area contributed by atoms with Crippen LogP contribution in [0.2, 0.25) is 0 Å². The van der Waals surface area contributed by atoms with Crippen molar-refractivity contribution >= 4 is 11.8 Å². The molecule has 0 aliphatic carbocycles. The summed E-state index contributed by atoms with van der Waals surface area (Å²) in [4.78, 5) is 49.1. The molecule has 0 spiro atoms. The molecule has 0 saturated carbocycles. The van der Waals surface area contributed by atoms with Gasteiger partial charge < -0.3 is 28.8 Å². The Labute approximate surface area is 190 Å². The van der Waals surface area contributed by atoms with Gasteiger partial charge in [0, 0.05) is 18.2 Å². The number of hydrogen-bond acceptors (Lipinski definition) is 11. The minimum absolute atomic E-state index is 0.00965. The summed E-state index contributed by atoms with van der Waals surface area (Å²) in [6, 6.07) is 2.54. The van der Waals surface area contributed by atoms with E-state index >= 15 is 0 Å². The smallest absolute Gasteiger partial charge is 0.454 e. The fourth-order valence-electron chi connectivity index (χ4n) is 3.75. The zero-order valence-corrected chi connectivity index (χ0v) is 18.1. The monoisotopic (exact) mass is 479 g/mol. The fraction of sp³-hybridized carbons (Fsp3) is 0.450. The highest BCUT2D eigenvalue weighted by Gasteiger charge is 2.40. The maximum atomic E-state index is 12.4. The standard InChI is InChI=1S/C20H21N3O11/c1-9-6-22(19(26)21-18(9)25)17-5-15(16(7-24)33-17)34-20(27)32-10(2)11-3-13-14(31-8-30-13)4-12(11)23(28)29/h3-4,6,10,15-17,24H,5,7-8H2,1-2H3,(H,21,25,26)/t10-,15+,16-,17-/m1/s1. The summed E-state index contributed by atoms with van der Waals surface area (Å²) in [6.45, 7) is 2.33. The number of aryl methyl sites for hydroxylation is 1. The van der Waals surface area contributed by atoms with E-state index in [1.165, 1.54) is 32.2 Å². The molecule has 3 heterocycles. The average Bonchev–Trinajstić information content (AvgIpc) is 3.41. The van der Waals surface area contributed by atoms with Crippen molar-refractivity contribution in [3.8, 4) is 11.5 Å². The summed E-state index contributed by atoms with van der Waals surface area (Å²) >= 11 is 0. The molecule has 2 N–H and O–H groups in total. The van der Waals surface area contributed by atoms with Crippen LogP contribution in [0.1, 0.15) is 36.8 Å². The number of rotatable bonds is 6. The van der Waals surface area contributed by atoms with Crippen LogP contribution in [0.4, 0.5) is 10.5 Å². The van der Waals surface area contributed by atoms with Gasteiger partial charge in [0.2, 0.25) is 6.79 Å². The van der Waals surface area contributed by atoms with Crippen LogP contribution in [0, 0.1) is 17.0 Å². The third-order valence-electron chi connectivity index (χ3n) is 5.49. The Balaban J connectivity index is 1.47. The number of nitrogens with zero attached hydrogens (tertiary/aromatic N) is 2. The maximum Gasteiger partial charge on any atom is 0.509 e. The van der Waals surface area contributed by atoms with Crippen molar-refractivity contribution in [1.82, 2.24) is 9.55 Å². The number of benzene rings is 1. The van der Waals surface area contributed by atoms with E-state index in [0.717, 1.165) is 4.57 Å². The molecule has 0 unspecified atom stereocenters. The van der Waals surface area contributed by atoms with E-state index in [2.05, 4.69) is 4.98 Å². The molecular weight excluding hydrogens is 458 g/mol. The van der Waals surface area contributed by atoms with Crippen molar-refractivity contribution < 1.29 is 38.5 Å². The number of carbonyl (C=O) groups excluding carboxylic acids is 1. The number of nitro benzene ring substituents is 1. The molecule has 2 aliphatic heterocycles. The summed E-state index contributed by atoms with van der Waals surface area (Å²) < 4.78 is 27.6. The average molecular weight is 479 g/mol. The lowest BCUT2D eigenvalue weighted by Crippen LogP contribution is -2.33. The SMILES string of the molecule is Cc1cn([C@H]2C[C@H](OC(=O)O[C@H](C)c3cc4c(cc3[N+](=O)[O-])OCO4)[C@@H](CO)O2)c(=O)[nH]c1=O.